The molecule has 0 heterocycles. The maximum Gasteiger partial charge on any atom is 0.264 e. The fourth-order valence-electron chi connectivity index (χ4n) is 1.82. The summed E-state index contributed by atoms with van der Waals surface area (Å²) < 4.78 is 54.2. The average Bonchev–Trinajstić information content (AvgIpc) is 2.45. The van der Waals surface area contributed by atoms with E-state index in [9.17, 15) is 22.0 Å². The minimum atomic E-state index is -4.38. The number of hydrogen-bond acceptors (Lipinski definition) is 3. The molecule has 9 heteroatoms. The number of hydrogen-bond donors (Lipinski definition) is 2. The highest BCUT2D eigenvalue weighted by molar-refractivity contribution is 7.92. The van der Waals surface area contributed by atoms with Crippen LogP contribution in [0, 0.1) is 18.6 Å². The summed E-state index contributed by atoms with van der Waals surface area (Å²) in [5, 5.41) is -0.373. The second-order valence-electron chi connectivity index (χ2n) is 4.65. The molecular formula is C14H11ClF2N2O3S. The van der Waals surface area contributed by atoms with Gasteiger partial charge in [-0.1, -0.05) is 17.7 Å². The average molecular weight is 361 g/mol. The number of nitrogens with one attached hydrogen (secondary N) is 1. The van der Waals surface area contributed by atoms with Gasteiger partial charge in [0.2, 0.25) is 5.91 Å². The molecule has 0 bridgehead atoms. The molecule has 23 heavy (non-hydrogen) atoms. The normalized spacial score (nSPS) is 11.3. The van der Waals surface area contributed by atoms with Gasteiger partial charge in [0.1, 0.15) is 10.7 Å². The fourth-order valence-corrected chi connectivity index (χ4v) is 3.26. The van der Waals surface area contributed by atoms with E-state index in [2.05, 4.69) is 0 Å². The van der Waals surface area contributed by atoms with Crippen LogP contribution in [0.15, 0.2) is 35.2 Å². The van der Waals surface area contributed by atoms with E-state index < -0.39 is 32.5 Å². The summed E-state index contributed by atoms with van der Waals surface area (Å²) in [6, 6.07) is 5.41. The Morgan fingerprint density at radius 2 is 1.91 bits per heavy atom. The first-order valence-electron chi connectivity index (χ1n) is 6.20. The van der Waals surface area contributed by atoms with E-state index in [4.69, 9.17) is 17.3 Å². The first-order chi connectivity index (χ1) is 10.6. The summed E-state index contributed by atoms with van der Waals surface area (Å²) in [5.74, 6) is -2.89. The Morgan fingerprint density at radius 1 is 1.26 bits per heavy atom. The van der Waals surface area contributed by atoms with Gasteiger partial charge in [-0.2, -0.15) is 0 Å². The van der Waals surface area contributed by atoms with Gasteiger partial charge in [-0.15, -0.1) is 0 Å². The number of carbonyl (C=O) groups excluding carboxylic acids is 1. The van der Waals surface area contributed by atoms with Crippen molar-refractivity contribution in [2.45, 2.75) is 11.8 Å². The van der Waals surface area contributed by atoms with Crippen LogP contribution in [0.5, 0.6) is 0 Å². The molecule has 1 amide bonds. The third-order valence-corrected chi connectivity index (χ3v) is 4.75. The Bertz CT molecular complexity index is 901. The highest BCUT2D eigenvalue weighted by Gasteiger charge is 2.22. The van der Waals surface area contributed by atoms with E-state index in [0.29, 0.717) is 0 Å². The van der Waals surface area contributed by atoms with Crippen molar-refractivity contribution in [3.05, 3.63) is 58.1 Å². The van der Waals surface area contributed by atoms with Gasteiger partial charge in [-0.3, -0.25) is 9.52 Å². The predicted octanol–water partition coefficient (Wildman–Crippen LogP) is 2.83. The molecule has 0 aromatic heterocycles. The van der Waals surface area contributed by atoms with E-state index in [1.165, 1.54) is 19.1 Å². The lowest BCUT2D eigenvalue weighted by molar-refractivity contribution is 0.1000. The second-order valence-corrected chi connectivity index (χ2v) is 6.71. The van der Waals surface area contributed by atoms with Gasteiger partial charge in [-0.05, 0) is 31.2 Å². The highest BCUT2D eigenvalue weighted by atomic mass is 35.5. The SMILES string of the molecule is Cc1c(F)cc(C(N)=O)cc1NS(=O)(=O)c1cccc(Cl)c1F. The molecule has 0 aliphatic rings. The van der Waals surface area contributed by atoms with Crippen molar-refractivity contribution in [2.75, 3.05) is 4.72 Å². The van der Waals surface area contributed by atoms with Crippen LogP contribution < -0.4 is 10.5 Å². The summed E-state index contributed by atoms with van der Waals surface area (Å²) in [6.07, 6.45) is 0. The van der Waals surface area contributed by atoms with Crippen molar-refractivity contribution in [3.8, 4) is 0 Å². The Kier molecular flexibility index (Phi) is 4.58. The molecule has 0 atom stereocenters. The van der Waals surface area contributed by atoms with Crippen molar-refractivity contribution < 1.29 is 22.0 Å². The van der Waals surface area contributed by atoms with Gasteiger partial charge in [0.05, 0.1) is 10.7 Å². The molecule has 0 saturated carbocycles. The smallest absolute Gasteiger partial charge is 0.264 e. The lowest BCUT2D eigenvalue weighted by Gasteiger charge is -2.13. The van der Waals surface area contributed by atoms with Crippen molar-refractivity contribution in [1.82, 2.24) is 0 Å². The highest BCUT2D eigenvalue weighted by Crippen LogP contribution is 2.27. The van der Waals surface area contributed by atoms with Gasteiger partial charge in [0, 0.05) is 11.1 Å². The van der Waals surface area contributed by atoms with Gasteiger partial charge < -0.3 is 5.73 Å². The monoisotopic (exact) mass is 360 g/mol. The number of rotatable bonds is 4. The summed E-state index contributed by atoms with van der Waals surface area (Å²) >= 11 is 5.56. The van der Waals surface area contributed by atoms with Crippen LogP contribution in [0.25, 0.3) is 0 Å². The fraction of sp³-hybridized carbons (Fsp3) is 0.0714. The number of nitrogens with two attached hydrogens (primary N) is 1. The Labute approximate surface area is 136 Å². The Hall–Kier alpha value is -2.19. The molecular weight excluding hydrogens is 350 g/mol. The number of primary amides is 1. The maximum absolute atomic E-state index is 13.9. The first kappa shape index (κ1) is 17.2. The van der Waals surface area contributed by atoms with E-state index in [-0.39, 0.29) is 21.8 Å². The molecule has 0 aliphatic heterocycles. The van der Waals surface area contributed by atoms with Crippen LogP contribution in [0.2, 0.25) is 5.02 Å². The van der Waals surface area contributed by atoms with E-state index in [1.54, 1.807) is 0 Å². The standard InChI is InChI=1S/C14H11ClF2N2O3S/c1-7-10(16)5-8(14(18)20)6-11(7)19-23(21,22)12-4-2-3-9(15)13(12)17/h2-6,19H,1H3,(H2,18,20). The molecule has 122 valence electrons. The number of halogens is 3. The largest absolute Gasteiger partial charge is 0.366 e. The molecule has 3 N–H and O–H groups in total. The molecule has 2 aromatic rings. The lowest BCUT2D eigenvalue weighted by atomic mass is 10.1. The van der Waals surface area contributed by atoms with Crippen LogP contribution in [-0.4, -0.2) is 14.3 Å². The Morgan fingerprint density at radius 3 is 2.52 bits per heavy atom. The minimum Gasteiger partial charge on any atom is -0.366 e. The predicted molar refractivity (Wildman–Crippen MR) is 81.9 cm³/mol. The molecule has 0 fully saturated rings. The maximum atomic E-state index is 13.9. The van der Waals surface area contributed by atoms with Gasteiger partial charge in [-0.25, -0.2) is 17.2 Å². The zero-order valence-electron chi connectivity index (χ0n) is 11.7. The number of anilines is 1. The molecule has 5 nitrogen and oxygen atoms in total. The van der Waals surface area contributed by atoms with Crippen molar-refractivity contribution in [1.29, 1.82) is 0 Å². The molecule has 2 rings (SSSR count). The van der Waals surface area contributed by atoms with Gasteiger partial charge >= 0.3 is 0 Å². The minimum absolute atomic E-state index is 0.0685. The number of carbonyl (C=O) groups is 1. The van der Waals surface area contributed by atoms with Crippen molar-refractivity contribution in [2.24, 2.45) is 5.73 Å². The van der Waals surface area contributed by atoms with Crippen molar-refractivity contribution >= 4 is 33.2 Å². The number of amides is 1. The first-order valence-corrected chi connectivity index (χ1v) is 8.06. The van der Waals surface area contributed by atoms with Gasteiger partial charge in [0.15, 0.2) is 5.82 Å². The molecule has 0 radical (unpaired) electrons. The zero-order chi connectivity index (χ0) is 17.4. The van der Waals surface area contributed by atoms with Crippen LogP contribution >= 0.6 is 11.6 Å². The van der Waals surface area contributed by atoms with E-state index >= 15 is 0 Å². The number of sulfonamides is 1. The molecule has 0 aliphatic carbocycles. The topological polar surface area (TPSA) is 89.3 Å². The summed E-state index contributed by atoms with van der Waals surface area (Å²) in [6.45, 7) is 1.30. The molecule has 0 saturated heterocycles. The lowest BCUT2D eigenvalue weighted by Crippen LogP contribution is -2.18. The van der Waals surface area contributed by atoms with E-state index in [0.717, 1.165) is 18.2 Å². The van der Waals surface area contributed by atoms with Gasteiger partial charge in [0.25, 0.3) is 10.0 Å². The van der Waals surface area contributed by atoms with Crippen LogP contribution in [0.1, 0.15) is 15.9 Å². The quantitative estimate of drug-likeness (QED) is 0.878. The van der Waals surface area contributed by atoms with Crippen LogP contribution in [-0.2, 0) is 10.0 Å². The number of benzene rings is 2. The zero-order valence-corrected chi connectivity index (χ0v) is 13.3. The van der Waals surface area contributed by atoms with Crippen LogP contribution in [0.3, 0.4) is 0 Å². The summed E-state index contributed by atoms with van der Waals surface area (Å²) in [5.41, 5.74) is 4.54. The summed E-state index contributed by atoms with van der Waals surface area (Å²) in [7, 11) is -4.38. The molecule has 0 unspecified atom stereocenters. The third kappa shape index (κ3) is 3.43. The van der Waals surface area contributed by atoms with E-state index in [1.807, 2.05) is 4.72 Å². The second kappa shape index (κ2) is 6.13. The summed E-state index contributed by atoms with van der Waals surface area (Å²) in [4.78, 5) is 10.5. The molecule has 2 aromatic carbocycles. The van der Waals surface area contributed by atoms with Crippen molar-refractivity contribution in [3.63, 3.8) is 0 Å². The van der Waals surface area contributed by atoms with Crippen LogP contribution in [0.4, 0.5) is 14.5 Å². The molecule has 0 spiro atoms. The third-order valence-electron chi connectivity index (χ3n) is 3.08. The Balaban J connectivity index is 2.53.